The van der Waals surface area contributed by atoms with E-state index in [9.17, 15) is 39.1 Å². The van der Waals surface area contributed by atoms with Crippen LogP contribution in [0, 0.1) is 0 Å². The first kappa shape index (κ1) is 12.2. The summed E-state index contributed by atoms with van der Waals surface area (Å²) in [5.74, 6) is 0. The number of carbonyl (C=O) groups is 1. The average molecular weight is 230 g/mol. The summed E-state index contributed by atoms with van der Waals surface area (Å²) in [5, 5.41) is -6.12. The maximum Gasteiger partial charge on any atom is 0.450 e. The van der Waals surface area contributed by atoms with Crippen molar-refractivity contribution < 1.29 is 39.1 Å². The molecule has 0 radical (unpaired) electrons. The van der Waals surface area contributed by atoms with Crippen LogP contribution in [0.2, 0.25) is 0 Å². The molecule has 0 N–H and O–H groups in total. The van der Waals surface area contributed by atoms with Crippen LogP contribution in [0.3, 0.4) is 0 Å². The fraction of sp³-hybridized carbons (Fsp3) is 0.667. The normalized spacial score (nSPS) is 18.0. The van der Waals surface area contributed by atoms with Crippen LogP contribution >= 0.6 is 0 Å². The quantitative estimate of drug-likeness (QED) is 0.525. The topological polar surface area (TPSA) is 51.2 Å². The van der Waals surface area contributed by atoms with Crippen LogP contribution in [0.15, 0.2) is 0 Å². The van der Waals surface area contributed by atoms with Gasteiger partial charge in [-0.05, 0) is 0 Å². The van der Waals surface area contributed by atoms with Crippen LogP contribution in [-0.2, 0) is 15.0 Å². The van der Waals surface area contributed by atoms with Gasteiger partial charge < -0.3 is 0 Å². The van der Waals surface area contributed by atoms with Crippen LogP contribution in [-0.4, -0.2) is 25.6 Å². The molecule has 0 unspecified atom stereocenters. The largest absolute Gasteiger partial charge is 0.450 e. The Morgan fingerprint density at radius 3 is 1.38 bits per heavy atom. The molecule has 0 bridgehead atoms. The molecular weight excluding hydrogens is 230 g/mol. The highest BCUT2D eigenvalue weighted by Crippen LogP contribution is 2.40. The molecule has 3 nitrogen and oxygen atoms in total. The zero-order valence-electron chi connectivity index (χ0n) is 5.40. The molecule has 10 heteroatoms. The molecule has 0 spiro atoms. The lowest BCUT2D eigenvalue weighted by Gasteiger charge is -2.17. The standard InChI is InChI=1S/C3F6O3S/c4-1(10)2(5,3(6,7)8)13(9,11)12/t2-/m0/s1. The summed E-state index contributed by atoms with van der Waals surface area (Å²) in [6, 6.07) is -3.97. The van der Waals surface area contributed by atoms with Gasteiger partial charge in [0.1, 0.15) is 0 Å². The minimum atomic E-state index is -7.04. The number of alkyl halides is 4. The monoisotopic (exact) mass is 230 g/mol. The maximum absolute atomic E-state index is 12.1. The van der Waals surface area contributed by atoms with Gasteiger partial charge in [-0.25, -0.2) is 4.39 Å². The molecule has 0 heterocycles. The molecular formula is C3F6O3S. The Bertz CT molecular complexity index is 317. The van der Waals surface area contributed by atoms with Gasteiger partial charge in [-0.2, -0.15) is 26.0 Å². The van der Waals surface area contributed by atoms with Gasteiger partial charge in [-0.15, -0.1) is 3.89 Å². The Morgan fingerprint density at radius 1 is 1.08 bits per heavy atom. The summed E-state index contributed by atoms with van der Waals surface area (Å²) in [6.45, 7) is 0. The highest BCUT2D eigenvalue weighted by atomic mass is 32.3. The van der Waals surface area contributed by atoms with Gasteiger partial charge in [0.05, 0.1) is 0 Å². The summed E-state index contributed by atoms with van der Waals surface area (Å²) in [4.78, 5) is 9.38. The average Bonchev–Trinajstić information content (AvgIpc) is 1.80. The van der Waals surface area contributed by atoms with E-state index in [1.54, 1.807) is 0 Å². The Balaban J connectivity index is 5.64. The van der Waals surface area contributed by atoms with Crippen molar-refractivity contribution in [2.45, 2.75) is 11.2 Å². The molecule has 0 saturated heterocycles. The summed E-state index contributed by atoms with van der Waals surface area (Å²) >= 11 is 0. The van der Waals surface area contributed by atoms with Gasteiger partial charge in [0, 0.05) is 0 Å². The molecule has 0 aliphatic heterocycles. The Labute approximate surface area is 67.5 Å². The van der Waals surface area contributed by atoms with Crippen molar-refractivity contribution in [3.63, 3.8) is 0 Å². The first-order valence-corrected chi connectivity index (χ1v) is 3.72. The number of rotatable bonds is 2. The fourth-order valence-electron chi connectivity index (χ4n) is 0.346. The molecule has 0 aliphatic rings. The van der Waals surface area contributed by atoms with Gasteiger partial charge >= 0.3 is 27.4 Å². The van der Waals surface area contributed by atoms with Crippen molar-refractivity contribution in [3.8, 4) is 0 Å². The van der Waals surface area contributed by atoms with E-state index in [-0.39, 0.29) is 0 Å². The van der Waals surface area contributed by atoms with Gasteiger partial charge in [-0.3, -0.25) is 4.79 Å². The second-order valence-electron chi connectivity index (χ2n) is 1.80. The second kappa shape index (κ2) is 2.86. The van der Waals surface area contributed by atoms with Crippen molar-refractivity contribution >= 4 is 16.3 Å². The number of hydrogen-bond acceptors (Lipinski definition) is 3. The van der Waals surface area contributed by atoms with Crippen LogP contribution in [0.25, 0.3) is 0 Å². The SMILES string of the molecule is O=C(F)[C@@](F)(C(F)(F)F)S(=O)(=O)F. The molecule has 78 valence electrons. The van der Waals surface area contributed by atoms with E-state index >= 15 is 0 Å². The zero-order chi connectivity index (χ0) is 11.1. The molecule has 0 saturated carbocycles. The Morgan fingerprint density at radius 2 is 1.38 bits per heavy atom. The summed E-state index contributed by atoms with van der Waals surface area (Å²) in [5.41, 5.74) is 0. The number of halogens is 6. The van der Waals surface area contributed by atoms with Crippen LogP contribution in [0.1, 0.15) is 0 Å². The van der Waals surface area contributed by atoms with Gasteiger partial charge in [0.25, 0.3) is 0 Å². The van der Waals surface area contributed by atoms with E-state index in [0.29, 0.717) is 0 Å². The summed E-state index contributed by atoms with van der Waals surface area (Å²) in [7, 11) is -7.04. The minimum Gasteiger partial charge on any atom is -0.256 e. The first-order valence-electron chi connectivity index (χ1n) is 2.34. The second-order valence-corrected chi connectivity index (χ2v) is 3.24. The van der Waals surface area contributed by atoms with E-state index in [0.717, 1.165) is 0 Å². The molecule has 0 amide bonds. The third-order valence-corrected chi connectivity index (χ3v) is 2.02. The predicted octanol–water partition coefficient (Wildman–Crippen LogP) is 1.01. The van der Waals surface area contributed by atoms with Crippen molar-refractivity contribution in [2.24, 2.45) is 0 Å². The highest BCUT2D eigenvalue weighted by Gasteiger charge is 2.73. The van der Waals surface area contributed by atoms with Gasteiger partial charge in [0.15, 0.2) is 0 Å². The smallest absolute Gasteiger partial charge is 0.256 e. The zero-order valence-corrected chi connectivity index (χ0v) is 6.22. The highest BCUT2D eigenvalue weighted by molar-refractivity contribution is 7.88. The third kappa shape index (κ3) is 1.76. The molecule has 0 aromatic carbocycles. The summed E-state index contributed by atoms with van der Waals surface area (Å²) < 4.78 is 88.3. The number of carbonyl (C=O) groups excluding carboxylic acids is 1. The van der Waals surface area contributed by atoms with Crippen molar-refractivity contribution in [1.29, 1.82) is 0 Å². The lowest BCUT2D eigenvalue weighted by atomic mass is 10.4. The molecule has 0 aromatic heterocycles. The van der Waals surface area contributed by atoms with Crippen LogP contribution in [0.5, 0.6) is 0 Å². The fourth-order valence-corrected chi connectivity index (χ4v) is 0.814. The summed E-state index contributed by atoms with van der Waals surface area (Å²) in [6.07, 6.45) is -6.49. The lowest BCUT2D eigenvalue weighted by molar-refractivity contribution is -0.206. The van der Waals surface area contributed by atoms with Crippen molar-refractivity contribution in [1.82, 2.24) is 0 Å². The minimum absolute atomic E-state index is 3.97. The predicted molar refractivity (Wildman–Crippen MR) is 26.0 cm³/mol. The Kier molecular flexibility index (Phi) is 2.68. The third-order valence-electron chi connectivity index (χ3n) is 0.953. The van der Waals surface area contributed by atoms with E-state index in [1.165, 1.54) is 0 Å². The molecule has 0 aromatic rings. The molecule has 1 atom stereocenters. The molecule has 0 aliphatic carbocycles. The van der Waals surface area contributed by atoms with E-state index < -0.39 is 27.4 Å². The van der Waals surface area contributed by atoms with E-state index in [2.05, 4.69) is 0 Å². The molecule has 13 heavy (non-hydrogen) atoms. The molecule has 0 rings (SSSR count). The van der Waals surface area contributed by atoms with Crippen molar-refractivity contribution in [2.75, 3.05) is 0 Å². The van der Waals surface area contributed by atoms with Crippen molar-refractivity contribution in [3.05, 3.63) is 0 Å². The van der Waals surface area contributed by atoms with Crippen LogP contribution < -0.4 is 0 Å². The van der Waals surface area contributed by atoms with E-state index in [1.807, 2.05) is 0 Å². The number of hydrogen-bond donors (Lipinski definition) is 0. The van der Waals surface area contributed by atoms with Gasteiger partial charge in [0.2, 0.25) is 0 Å². The Hall–Kier alpha value is -0.800. The lowest BCUT2D eigenvalue weighted by Crippen LogP contribution is -2.51. The van der Waals surface area contributed by atoms with Crippen LogP contribution in [0.4, 0.5) is 25.8 Å². The van der Waals surface area contributed by atoms with Gasteiger partial charge in [-0.1, -0.05) is 0 Å². The van der Waals surface area contributed by atoms with E-state index in [4.69, 9.17) is 0 Å². The first-order chi connectivity index (χ1) is 5.44. The maximum atomic E-state index is 12.1. The molecule has 0 fully saturated rings.